The Bertz CT molecular complexity index is 1220. The smallest absolute Gasteiger partial charge is 0.303 e. The van der Waals surface area contributed by atoms with Crippen LogP contribution in [0.5, 0.6) is 0 Å². The van der Waals surface area contributed by atoms with Gasteiger partial charge in [-0.2, -0.15) is 13.2 Å². The lowest BCUT2D eigenvalue weighted by atomic mass is 10.1. The van der Waals surface area contributed by atoms with E-state index in [0.717, 1.165) is 23.6 Å². The van der Waals surface area contributed by atoms with Gasteiger partial charge in [0.25, 0.3) is 0 Å². The van der Waals surface area contributed by atoms with Crippen LogP contribution in [0.4, 0.5) is 13.2 Å². The highest BCUT2D eigenvalue weighted by Gasteiger charge is 2.37. The van der Waals surface area contributed by atoms with E-state index in [2.05, 4.69) is 16.9 Å². The molecule has 3 nitrogen and oxygen atoms in total. The van der Waals surface area contributed by atoms with E-state index >= 15 is 0 Å². The molecule has 2 aromatic heterocycles. The van der Waals surface area contributed by atoms with Gasteiger partial charge in [-0.15, -0.1) is 0 Å². The van der Waals surface area contributed by atoms with Crippen molar-refractivity contribution in [1.29, 1.82) is 0 Å². The summed E-state index contributed by atoms with van der Waals surface area (Å²) in [5.41, 5.74) is 1.63. The van der Waals surface area contributed by atoms with E-state index in [-0.39, 0.29) is 16.9 Å². The summed E-state index contributed by atoms with van der Waals surface area (Å²) in [5.74, 6) is 0.480. The summed E-state index contributed by atoms with van der Waals surface area (Å²) in [6.45, 7) is 7.90. The van der Waals surface area contributed by atoms with Crippen molar-refractivity contribution in [2.75, 3.05) is 0 Å². The van der Waals surface area contributed by atoms with Crippen molar-refractivity contribution in [2.24, 2.45) is 0 Å². The van der Waals surface area contributed by atoms with Crippen LogP contribution in [0.15, 0.2) is 60.7 Å². The molecule has 6 heteroatoms. The fourth-order valence-corrected chi connectivity index (χ4v) is 3.74. The number of pyridine rings is 1. The van der Waals surface area contributed by atoms with Gasteiger partial charge in [-0.1, -0.05) is 61.5 Å². The van der Waals surface area contributed by atoms with Crippen molar-refractivity contribution in [3.8, 4) is 22.6 Å². The Labute approximate surface area is 179 Å². The Hall–Kier alpha value is -3.15. The second-order valence-electron chi connectivity index (χ2n) is 8.58. The molecule has 0 bridgehead atoms. The molecule has 2 heterocycles. The van der Waals surface area contributed by atoms with Crippen LogP contribution in [0, 0.1) is 0 Å². The van der Waals surface area contributed by atoms with E-state index in [4.69, 9.17) is 0 Å². The lowest BCUT2D eigenvalue weighted by Gasteiger charge is -2.24. The molecule has 0 saturated heterocycles. The average molecular weight is 423 g/mol. The van der Waals surface area contributed by atoms with E-state index in [9.17, 15) is 13.2 Å². The highest BCUT2D eigenvalue weighted by molar-refractivity contribution is 5.84. The van der Waals surface area contributed by atoms with Crippen molar-refractivity contribution in [3.63, 3.8) is 0 Å². The maximum atomic E-state index is 14.1. The van der Waals surface area contributed by atoms with Gasteiger partial charge < -0.3 is 4.57 Å². The molecule has 0 aliphatic rings. The summed E-state index contributed by atoms with van der Waals surface area (Å²) >= 11 is 0. The van der Waals surface area contributed by atoms with Gasteiger partial charge in [-0.05, 0) is 38.8 Å². The first-order valence-electron chi connectivity index (χ1n) is 10.3. The first-order valence-corrected chi connectivity index (χ1v) is 10.3. The van der Waals surface area contributed by atoms with Crippen LogP contribution in [0.1, 0.15) is 38.8 Å². The third kappa shape index (κ3) is 3.94. The molecular formula is C25H24F3N3. The van der Waals surface area contributed by atoms with Gasteiger partial charge in [0.15, 0.2) is 5.65 Å². The van der Waals surface area contributed by atoms with Gasteiger partial charge in [0.05, 0.1) is 11.3 Å². The Morgan fingerprint density at radius 1 is 0.839 bits per heavy atom. The Kier molecular flexibility index (Phi) is 5.12. The zero-order valence-electron chi connectivity index (χ0n) is 18.0. The topological polar surface area (TPSA) is 30.7 Å². The lowest BCUT2D eigenvalue weighted by molar-refractivity contribution is -0.136. The SMILES string of the molecule is CCc1ccc(-c2nc3c(C(F)(F)F)cc(-c4ccccc4)nc3n2C(C)(C)C)cc1. The molecule has 0 N–H and O–H groups in total. The minimum absolute atomic E-state index is 0.128. The Morgan fingerprint density at radius 3 is 2.03 bits per heavy atom. The summed E-state index contributed by atoms with van der Waals surface area (Å²) in [6, 6.07) is 17.8. The van der Waals surface area contributed by atoms with Crippen molar-refractivity contribution in [2.45, 2.75) is 45.8 Å². The number of nitrogens with zero attached hydrogens (tertiary/aromatic N) is 3. The van der Waals surface area contributed by atoms with Gasteiger partial charge >= 0.3 is 6.18 Å². The van der Waals surface area contributed by atoms with E-state index < -0.39 is 17.3 Å². The largest absolute Gasteiger partial charge is 0.418 e. The first-order chi connectivity index (χ1) is 14.6. The second kappa shape index (κ2) is 7.52. The van der Waals surface area contributed by atoms with E-state index in [1.165, 1.54) is 0 Å². The average Bonchev–Trinajstić information content (AvgIpc) is 3.13. The fraction of sp³-hybridized carbons (Fsp3) is 0.280. The van der Waals surface area contributed by atoms with Gasteiger partial charge in [-0.25, -0.2) is 9.97 Å². The minimum atomic E-state index is -4.55. The lowest BCUT2D eigenvalue weighted by Crippen LogP contribution is -2.23. The van der Waals surface area contributed by atoms with Gasteiger partial charge in [-0.3, -0.25) is 0 Å². The minimum Gasteiger partial charge on any atom is -0.303 e. The van der Waals surface area contributed by atoms with E-state index in [1.807, 2.05) is 55.7 Å². The number of alkyl halides is 3. The monoisotopic (exact) mass is 423 g/mol. The molecule has 0 saturated carbocycles. The van der Waals surface area contributed by atoms with E-state index in [0.29, 0.717) is 11.4 Å². The van der Waals surface area contributed by atoms with Crippen molar-refractivity contribution < 1.29 is 13.2 Å². The number of fused-ring (bicyclic) bond motifs is 1. The molecule has 0 radical (unpaired) electrons. The molecule has 0 atom stereocenters. The number of aromatic nitrogens is 3. The van der Waals surface area contributed by atoms with Crippen LogP contribution in [-0.2, 0) is 18.1 Å². The first kappa shape index (κ1) is 21.1. The molecular weight excluding hydrogens is 399 g/mol. The van der Waals surface area contributed by atoms with Crippen molar-refractivity contribution in [1.82, 2.24) is 14.5 Å². The molecule has 2 aromatic carbocycles. The molecule has 0 spiro atoms. The molecule has 0 aliphatic heterocycles. The molecule has 160 valence electrons. The van der Waals surface area contributed by atoms with Crippen molar-refractivity contribution in [3.05, 3.63) is 71.8 Å². The molecule has 0 fully saturated rings. The molecule has 0 aliphatic carbocycles. The Morgan fingerprint density at radius 2 is 1.48 bits per heavy atom. The number of imidazole rings is 1. The van der Waals surface area contributed by atoms with Gasteiger partial charge in [0.2, 0.25) is 0 Å². The molecule has 0 amide bonds. The predicted octanol–water partition coefficient (Wildman–Crippen LogP) is 7.10. The van der Waals surface area contributed by atoms with Gasteiger partial charge in [0, 0.05) is 16.7 Å². The predicted molar refractivity (Wildman–Crippen MR) is 118 cm³/mol. The maximum Gasteiger partial charge on any atom is 0.418 e. The number of benzene rings is 2. The maximum absolute atomic E-state index is 14.1. The molecule has 4 aromatic rings. The quantitative estimate of drug-likeness (QED) is 0.352. The summed E-state index contributed by atoms with van der Waals surface area (Å²) in [6.07, 6.45) is -3.67. The summed E-state index contributed by atoms with van der Waals surface area (Å²) in [4.78, 5) is 9.15. The molecule has 4 rings (SSSR count). The second-order valence-corrected chi connectivity index (χ2v) is 8.58. The summed E-state index contributed by atoms with van der Waals surface area (Å²) < 4.78 is 44.0. The number of aryl methyl sites for hydroxylation is 1. The zero-order chi connectivity index (χ0) is 22.4. The standard InChI is InChI=1S/C25H24F3N3/c1-5-16-11-13-18(14-12-16)22-30-21-19(25(26,27)28)15-20(17-9-7-6-8-10-17)29-23(21)31(22)24(2,3)4/h6-15H,5H2,1-4H3. The van der Waals surface area contributed by atoms with Crippen LogP contribution in [0.3, 0.4) is 0 Å². The van der Waals surface area contributed by atoms with E-state index in [1.54, 1.807) is 24.3 Å². The summed E-state index contributed by atoms with van der Waals surface area (Å²) in [5, 5.41) is 0. The molecule has 0 unspecified atom stereocenters. The van der Waals surface area contributed by atoms with Gasteiger partial charge in [0.1, 0.15) is 11.3 Å². The number of hydrogen-bond acceptors (Lipinski definition) is 2. The highest BCUT2D eigenvalue weighted by Crippen LogP contribution is 2.39. The molecule has 31 heavy (non-hydrogen) atoms. The Balaban J connectivity index is 2.08. The number of halogens is 3. The fourth-order valence-electron chi connectivity index (χ4n) is 3.74. The van der Waals surface area contributed by atoms with Crippen LogP contribution in [0.25, 0.3) is 33.8 Å². The highest BCUT2D eigenvalue weighted by atomic mass is 19.4. The third-order valence-electron chi connectivity index (χ3n) is 5.28. The number of rotatable bonds is 3. The number of hydrogen-bond donors (Lipinski definition) is 0. The van der Waals surface area contributed by atoms with Crippen LogP contribution < -0.4 is 0 Å². The summed E-state index contributed by atoms with van der Waals surface area (Å²) in [7, 11) is 0. The zero-order valence-corrected chi connectivity index (χ0v) is 18.0. The third-order valence-corrected chi connectivity index (χ3v) is 5.28. The van der Waals surface area contributed by atoms with Crippen LogP contribution in [-0.4, -0.2) is 14.5 Å². The van der Waals surface area contributed by atoms with Crippen LogP contribution in [0.2, 0.25) is 0 Å². The normalized spacial score (nSPS) is 12.5. The van der Waals surface area contributed by atoms with Crippen LogP contribution >= 0.6 is 0 Å². The van der Waals surface area contributed by atoms with Crippen molar-refractivity contribution >= 4 is 11.2 Å².